The van der Waals surface area contributed by atoms with Crippen molar-refractivity contribution in [3.8, 4) is 5.75 Å². The highest BCUT2D eigenvalue weighted by atomic mass is 16.5. The van der Waals surface area contributed by atoms with Crippen molar-refractivity contribution in [1.82, 2.24) is 10.2 Å². The molecule has 0 radical (unpaired) electrons. The molecule has 3 nitrogen and oxygen atoms in total. The van der Waals surface area contributed by atoms with E-state index in [1.54, 1.807) is 7.11 Å². The van der Waals surface area contributed by atoms with Crippen LogP contribution in [0.5, 0.6) is 5.75 Å². The molecule has 1 aromatic carbocycles. The molecule has 2 saturated heterocycles. The maximum Gasteiger partial charge on any atom is 0.118 e. The molecular weight excluding hydrogens is 260 g/mol. The predicted octanol–water partition coefficient (Wildman–Crippen LogP) is 3.36. The molecule has 3 rings (SSSR count). The van der Waals surface area contributed by atoms with Crippen molar-refractivity contribution in [2.45, 2.75) is 57.2 Å². The van der Waals surface area contributed by atoms with Crippen LogP contribution in [0.15, 0.2) is 24.3 Å². The Bertz CT molecular complexity index is 439. The first-order valence-corrected chi connectivity index (χ1v) is 8.46. The summed E-state index contributed by atoms with van der Waals surface area (Å²) in [5.41, 5.74) is 1.43. The molecule has 1 aromatic rings. The monoisotopic (exact) mass is 288 g/mol. The van der Waals surface area contributed by atoms with Crippen LogP contribution in [0.25, 0.3) is 0 Å². The summed E-state index contributed by atoms with van der Waals surface area (Å²) < 4.78 is 5.29. The minimum absolute atomic E-state index is 0.547. The molecule has 0 aromatic heterocycles. The fourth-order valence-corrected chi connectivity index (χ4v) is 4.16. The largest absolute Gasteiger partial charge is 0.497 e. The van der Waals surface area contributed by atoms with Gasteiger partial charge < -0.3 is 10.1 Å². The molecule has 0 amide bonds. The van der Waals surface area contributed by atoms with Crippen molar-refractivity contribution < 1.29 is 4.74 Å². The second-order valence-corrected chi connectivity index (χ2v) is 6.35. The highest BCUT2D eigenvalue weighted by Crippen LogP contribution is 2.35. The second kappa shape index (κ2) is 6.80. The lowest BCUT2D eigenvalue weighted by molar-refractivity contribution is 0.148. The lowest BCUT2D eigenvalue weighted by Crippen LogP contribution is -2.45. The molecule has 3 heteroatoms. The van der Waals surface area contributed by atoms with Gasteiger partial charge in [-0.3, -0.25) is 4.90 Å². The van der Waals surface area contributed by atoms with Gasteiger partial charge >= 0.3 is 0 Å². The van der Waals surface area contributed by atoms with E-state index in [9.17, 15) is 0 Å². The highest BCUT2D eigenvalue weighted by Gasteiger charge is 2.36. The smallest absolute Gasteiger partial charge is 0.118 e. The van der Waals surface area contributed by atoms with E-state index < -0.39 is 0 Å². The summed E-state index contributed by atoms with van der Waals surface area (Å²) in [6.45, 7) is 4.76. The lowest BCUT2D eigenvalue weighted by Gasteiger charge is -2.36. The number of nitrogens with one attached hydrogen (secondary N) is 1. The Morgan fingerprint density at radius 2 is 2.05 bits per heavy atom. The third-order valence-corrected chi connectivity index (χ3v) is 5.19. The summed E-state index contributed by atoms with van der Waals surface area (Å²) in [6, 6.07) is 10.6. The van der Waals surface area contributed by atoms with Crippen LogP contribution in [0.1, 0.15) is 50.6 Å². The zero-order chi connectivity index (χ0) is 14.7. The van der Waals surface area contributed by atoms with Gasteiger partial charge in [0.15, 0.2) is 0 Å². The number of benzene rings is 1. The van der Waals surface area contributed by atoms with E-state index in [1.807, 2.05) is 0 Å². The van der Waals surface area contributed by atoms with Gasteiger partial charge in [-0.25, -0.2) is 0 Å². The zero-order valence-corrected chi connectivity index (χ0v) is 13.3. The number of hydrogen-bond donors (Lipinski definition) is 1. The molecule has 0 aliphatic carbocycles. The minimum atomic E-state index is 0.547. The van der Waals surface area contributed by atoms with Crippen molar-refractivity contribution in [2.75, 3.05) is 20.2 Å². The first-order chi connectivity index (χ1) is 10.3. The molecule has 1 N–H and O–H groups in total. The molecule has 0 spiro atoms. The lowest BCUT2D eigenvalue weighted by atomic mass is 9.98. The molecule has 3 unspecified atom stereocenters. The topological polar surface area (TPSA) is 24.5 Å². The van der Waals surface area contributed by atoms with Crippen molar-refractivity contribution in [2.24, 2.45) is 0 Å². The molecule has 0 bridgehead atoms. The first kappa shape index (κ1) is 14.9. The highest BCUT2D eigenvalue weighted by molar-refractivity contribution is 5.29. The van der Waals surface area contributed by atoms with Crippen molar-refractivity contribution >= 4 is 0 Å². The molecule has 116 valence electrons. The first-order valence-electron chi connectivity index (χ1n) is 8.46. The minimum Gasteiger partial charge on any atom is -0.497 e. The average Bonchev–Trinajstić information content (AvgIpc) is 3.19. The van der Waals surface area contributed by atoms with E-state index in [1.165, 1.54) is 50.8 Å². The quantitative estimate of drug-likeness (QED) is 0.899. The van der Waals surface area contributed by atoms with Crippen LogP contribution < -0.4 is 10.1 Å². The van der Waals surface area contributed by atoms with Crippen LogP contribution in [0.2, 0.25) is 0 Å². The molecule has 2 heterocycles. The van der Waals surface area contributed by atoms with Gasteiger partial charge in [0.25, 0.3) is 0 Å². The molecule has 3 atom stereocenters. The van der Waals surface area contributed by atoms with Crippen LogP contribution in [-0.2, 0) is 0 Å². The van der Waals surface area contributed by atoms with E-state index in [4.69, 9.17) is 4.74 Å². The Kier molecular flexibility index (Phi) is 4.81. The fraction of sp³-hybridized carbons (Fsp3) is 0.667. The number of hydrogen-bond acceptors (Lipinski definition) is 3. The zero-order valence-electron chi connectivity index (χ0n) is 13.3. The van der Waals surface area contributed by atoms with Gasteiger partial charge in [0, 0.05) is 18.1 Å². The normalized spacial score (nSPS) is 27.9. The maximum absolute atomic E-state index is 5.29. The summed E-state index contributed by atoms with van der Waals surface area (Å²) in [6.07, 6.45) is 6.56. The summed E-state index contributed by atoms with van der Waals surface area (Å²) >= 11 is 0. The molecule has 2 aliphatic rings. The average molecular weight is 288 g/mol. The molecule has 2 fully saturated rings. The van der Waals surface area contributed by atoms with Gasteiger partial charge in [-0.2, -0.15) is 0 Å². The Balaban J connectivity index is 1.77. The Hall–Kier alpha value is -1.06. The van der Waals surface area contributed by atoms with Crippen molar-refractivity contribution in [3.05, 3.63) is 29.8 Å². The summed E-state index contributed by atoms with van der Waals surface area (Å²) in [4.78, 5) is 2.75. The van der Waals surface area contributed by atoms with Crippen molar-refractivity contribution in [1.29, 1.82) is 0 Å². The Labute approximate surface area is 128 Å². The molecule has 2 aliphatic heterocycles. The van der Waals surface area contributed by atoms with Crippen LogP contribution >= 0.6 is 0 Å². The number of rotatable bonds is 5. The Morgan fingerprint density at radius 3 is 2.67 bits per heavy atom. The van der Waals surface area contributed by atoms with E-state index in [-0.39, 0.29) is 0 Å². The van der Waals surface area contributed by atoms with Gasteiger partial charge in [-0.05, 0) is 62.9 Å². The standard InChI is InChI=1S/C18H28N2O/c1-3-17(14-8-10-15(21-2)11-9-14)20-13-5-7-18(20)16-6-4-12-19-16/h8-11,16-19H,3-7,12-13H2,1-2H3. The van der Waals surface area contributed by atoms with Crippen molar-refractivity contribution in [3.63, 3.8) is 0 Å². The third-order valence-electron chi connectivity index (χ3n) is 5.19. The van der Waals surface area contributed by atoms with Gasteiger partial charge in [-0.15, -0.1) is 0 Å². The van der Waals surface area contributed by atoms with Crippen LogP contribution in [0, 0.1) is 0 Å². The third kappa shape index (κ3) is 3.09. The SMILES string of the molecule is CCC(c1ccc(OC)cc1)N1CCCC1C1CCCN1. The van der Waals surface area contributed by atoms with Gasteiger partial charge in [0.2, 0.25) is 0 Å². The molecular formula is C18H28N2O. The van der Waals surface area contributed by atoms with Crippen LogP contribution in [0.4, 0.5) is 0 Å². The molecule has 21 heavy (non-hydrogen) atoms. The number of methoxy groups -OCH3 is 1. The van der Waals surface area contributed by atoms with Gasteiger partial charge in [0.1, 0.15) is 5.75 Å². The van der Waals surface area contributed by atoms with Gasteiger partial charge in [0.05, 0.1) is 7.11 Å². The second-order valence-electron chi connectivity index (χ2n) is 6.35. The van der Waals surface area contributed by atoms with E-state index in [0.717, 1.165) is 11.8 Å². The van der Waals surface area contributed by atoms with E-state index in [0.29, 0.717) is 12.1 Å². The van der Waals surface area contributed by atoms with Crippen LogP contribution in [0.3, 0.4) is 0 Å². The number of ether oxygens (including phenoxy) is 1. The Morgan fingerprint density at radius 1 is 1.24 bits per heavy atom. The molecule has 0 saturated carbocycles. The van der Waals surface area contributed by atoms with E-state index >= 15 is 0 Å². The predicted molar refractivity (Wildman–Crippen MR) is 86.8 cm³/mol. The van der Waals surface area contributed by atoms with Gasteiger partial charge in [-0.1, -0.05) is 19.1 Å². The van der Waals surface area contributed by atoms with E-state index in [2.05, 4.69) is 41.4 Å². The maximum atomic E-state index is 5.29. The summed E-state index contributed by atoms with van der Waals surface area (Å²) in [5.74, 6) is 0.948. The summed E-state index contributed by atoms with van der Waals surface area (Å²) in [5, 5.41) is 3.72. The van der Waals surface area contributed by atoms with Crippen LogP contribution in [-0.4, -0.2) is 37.2 Å². The fourth-order valence-electron chi connectivity index (χ4n) is 4.16. The number of likely N-dealkylation sites (tertiary alicyclic amines) is 1. The summed E-state index contributed by atoms with van der Waals surface area (Å²) in [7, 11) is 1.73. The number of nitrogens with zero attached hydrogens (tertiary/aromatic N) is 1.